The van der Waals surface area contributed by atoms with E-state index in [1.807, 2.05) is 62.4 Å². The third-order valence-electron chi connectivity index (χ3n) is 4.69. The number of aryl methyl sites for hydroxylation is 1. The summed E-state index contributed by atoms with van der Waals surface area (Å²) in [5, 5.41) is 3.00. The maximum Gasteiger partial charge on any atom is 0.247 e. The molecule has 0 saturated carbocycles. The highest BCUT2D eigenvalue weighted by atomic mass is 16.2. The molecule has 1 N–H and O–H groups in total. The van der Waals surface area contributed by atoms with E-state index >= 15 is 0 Å². The number of likely N-dealkylation sites (tertiary alicyclic amines) is 1. The van der Waals surface area contributed by atoms with Gasteiger partial charge >= 0.3 is 0 Å². The number of anilines is 1. The fourth-order valence-electron chi connectivity index (χ4n) is 3.09. The van der Waals surface area contributed by atoms with Gasteiger partial charge in [0, 0.05) is 18.7 Å². The average molecular weight is 322 g/mol. The van der Waals surface area contributed by atoms with Crippen molar-refractivity contribution in [3.8, 4) is 0 Å². The highest BCUT2D eigenvalue weighted by molar-refractivity contribution is 5.99. The van der Waals surface area contributed by atoms with Crippen molar-refractivity contribution >= 4 is 17.5 Å². The number of hydrogen-bond donors (Lipinski definition) is 1. The Bertz CT molecular complexity index is 755. The van der Waals surface area contributed by atoms with Crippen LogP contribution in [0.15, 0.2) is 48.5 Å². The SMILES string of the molecule is Cc1cccc(NC(=O)C2CCC(=O)N2Cc2ccccc2)c1C. The molecule has 0 aromatic heterocycles. The monoisotopic (exact) mass is 322 g/mol. The maximum atomic E-state index is 12.7. The smallest absolute Gasteiger partial charge is 0.247 e. The number of carbonyl (C=O) groups excluding carboxylic acids is 2. The van der Waals surface area contributed by atoms with E-state index in [9.17, 15) is 9.59 Å². The largest absolute Gasteiger partial charge is 0.326 e. The summed E-state index contributed by atoms with van der Waals surface area (Å²) in [6.07, 6.45) is 1.00. The maximum absolute atomic E-state index is 12.7. The first-order chi connectivity index (χ1) is 11.6. The highest BCUT2D eigenvalue weighted by Crippen LogP contribution is 2.24. The van der Waals surface area contributed by atoms with E-state index < -0.39 is 6.04 Å². The van der Waals surface area contributed by atoms with Crippen LogP contribution in [0.1, 0.15) is 29.5 Å². The lowest BCUT2D eigenvalue weighted by Crippen LogP contribution is -2.41. The third-order valence-corrected chi connectivity index (χ3v) is 4.69. The van der Waals surface area contributed by atoms with Crippen molar-refractivity contribution in [1.29, 1.82) is 0 Å². The van der Waals surface area contributed by atoms with Gasteiger partial charge in [0.25, 0.3) is 0 Å². The van der Waals surface area contributed by atoms with Crippen LogP contribution in [0, 0.1) is 13.8 Å². The van der Waals surface area contributed by atoms with Crippen molar-refractivity contribution in [2.45, 2.75) is 39.3 Å². The van der Waals surface area contributed by atoms with Crippen LogP contribution in [-0.4, -0.2) is 22.8 Å². The van der Waals surface area contributed by atoms with Crippen molar-refractivity contribution in [3.63, 3.8) is 0 Å². The molecule has 4 heteroatoms. The Hall–Kier alpha value is -2.62. The van der Waals surface area contributed by atoms with E-state index in [0.717, 1.165) is 22.4 Å². The minimum atomic E-state index is -0.405. The Morgan fingerprint density at radius 1 is 1.12 bits per heavy atom. The molecule has 2 aromatic rings. The molecule has 0 aliphatic carbocycles. The minimum absolute atomic E-state index is 0.0416. The first-order valence-corrected chi connectivity index (χ1v) is 8.27. The molecule has 1 fully saturated rings. The summed E-state index contributed by atoms with van der Waals surface area (Å²) >= 11 is 0. The average Bonchev–Trinajstić information content (AvgIpc) is 2.94. The van der Waals surface area contributed by atoms with Gasteiger partial charge in [-0.15, -0.1) is 0 Å². The van der Waals surface area contributed by atoms with Gasteiger partial charge in [-0.2, -0.15) is 0 Å². The summed E-state index contributed by atoms with van der Waals surface area (Å²) in [5.74, 6) is -0.0644. The van der Waals surface area contributed by atoms with Crippen molar-refractivity contribution in [2.24, 2.45) is 0 Å². The molecule has 1 saturated heterocycles. The molecule has 1 aliphatic heterocycles. The predicted molar refractivity (Wildman–Crippen MR) is 94.6 cm³/mol. The van der Waals surface area contributed by atoms with E-state index in [2.05, 4.69) is 5.32 Å². The number of amides is 2. The molecule has 0 radical (unpaired) electrons. The number of carbonyl (C=O) groups is 2. The van der Waals surface area contributed by atoms with Gasteiger partial charge in [-0.25, -0.2) is 0 Å². The quantitative estimate of drug-likeness (QED) is 0.937. The van der Waals surface area contributed by atoms with E-state index in [1.165, 1.54) is 0 Å². The van der Waals surface area contributed by atoms with Crippen LogP contribution in [0.2, 0.25) is 0 Å². The van der Waals surface area contributed by atoms with Crippen molar-refractivity contribution in [2.75, 3.05) is 5.32 Å². The topological polar surface area (TPSA) is 49.4 Å². The molecule has 0 bridgehead atoms. The van der Waals surface area contributed by atoms with Crippen LogP contribution in [-0.2, 0) is 16.1 Å². The normalized spacial score (nSPS) is 17.2. The van der Waals surface area contributed by atoms with Crippen molar-refractivity contribution in [1.82, 2.24) is 4.90 Å². The molecule has 1 heterocycles. The molecule has 0 spiro atoms. The van der Waals surface area contributed by atoms with Crippen LogP contribution in [0.5, 0.6) is 0 Å². The number of rotatable bonds is 4. The van der Waals surface area contributed by atoms with Crippen LogP contribution in [0.25, 0.3) is 0 Å². The summed E-state index contributed by atoms with van der Waals surface area (Å²) in [7, 11) is 0. The third kappa shape index (κ3) is 3.32. The van der Waals surface area contributed by atoms with Gasteiger partial charge < -0.3 is 10.2 Å². The van der Waals surface area contributed by atoms with Gasteiger partial charge in [-0.1, -0.05) is 42.5 Å². The van der Waals surface area contributed by atoms with Crippen molar-refractivity contribution < 1.29 is 9.59 Å². The lowest BCUT2D eigenvalue weighted by molar-refractivity contribution is -0.133. The zero-order chi connectivity index (χ0) is 17.1. The summed E-state index contributed by atoms with van der Waals surface area (Å²) in [6, 6.07) is 15.2. The molecule has 1 unspecified atom stereocenters. The molecule has 1 atom stereocenters. The summed E-state index contributed by atoms with van der Waals surface area (Å²) in [6.45, 7) is 4.49. The second-order valence-corrected chi connectivity index (χ2v) is 6.30. The van der Waals surface area contributed by atoms with Crippen molar-refractivity contribution in [3.05, 3.63) is 65.2 Å². The van der Waals surface area contributed by atoms with E-state index in [1.54, 1.807) is 4.90 Å². The van der Waals surface area contributed by atoms with Gasteiger partial charge in [-0.05, 0) is 43.0 Å². The lowest BCUT2D eigenvalue weighted by Gasteiger charge is -2.24. The van der Waals surface area contributed by atoms with E-state index in [0.29, 0.717) is 19.4 Å². The first kappa shape index (κ1) is 16.2. The zero-order valence-electron chi connectivity index (χ0n) is 14.1. The lowest BCUT2D eigenvalue weighted by atomic mass is 10.1. The molecule has 3 rings (SSSR count). The number of hydrogen-bond acceptors (Lipinski definition) is 2. The number of nitrogens with zero attached hydrogens (tertiary/aromatic N) is 1. The number of benzene rings is 2. The highest BCUT2D eigenvalue weighted by Gasteiger charge is 2.36. The van der Waals surface area contributed by atoms with Gasteiger partial charge in [0.2, 0.25) is 11.8 Å². The zero-order valence-corrected chi connectivity index (χ0v) is 14.1. The van der Waals surface area contributed by atoms with Crippen LogP contribution in [0.3, 0.4) is 0 Å². The van der Waals surface area contributed by atoms with Crippen LogP contribution in [0.4, 0.5) is 5.69 Å². The van der Waals surface area contributed by atoms with Gasteiger partial charge in [0.05, 0.1) is 0 Å². The molecular formula is C20H22N2O2. The fraction of sp³-hybridized carbons (Fsp3) is 0.300. The summed E-state index contributed by atoms with van der Waals surface area (Å²) in [4.78, 5) is 26.6. The molecule has 2 aromatic carbocycles. The molecule has 124 valence electrons. The minimum Gasteiger partial charge on any atom is -0.326 e. The van der Waals surface area contributed by atoms with Crippen LogP contribution < -0.4 is 5.32 Å². The Kier molecular flexibility index (Phi) is 4.65. The Morgan fingerprint density at radius 3 is 2.62 bits per heavy atom. The first-order valence-electron chi connectivity index (χ1n) is 8.27. The molecular weight excluding hydrogens is 300 g/mol. The molecule has 2 amide bonds. The molecule has 24 heavy (non-hydrogen) atoms. The Balaban J connectivity index is 1.75. The Morgan fingerprint density at radius 2 is 1.88 bits per heavy atom. The predicted octanol–water partition coefficient (Wildman–Crippen LogP) is 3.43. The van der Waals surface area contributed by atoms with Gasteiger partial charge in [-0.3, -0.25) is 9.59 Å². The summed E-state index contributed by atoms with van der Waals surface area (Å²) in [5.41, 5.74) is 4.05. The number of nitrogens with one attached hydrogen (secondary N) is 1. The summed E-state index contributed by atoms with van der Waals surface area (Å²) < 4.78 is 0. The fourth-order valence-corrected chi connectivity index (χ4v) is 3.09. The van der Waals surface area contributed by atoms with E-state index in [4.69, 9.17) is 0 Å². The van der Waals surface area contributed by atoms with Gasteiger partial charge in [0.15, 0.2) is 0 Å². The Labute approximate surface area is 142 Å². The molecule has 4 nitrogen and oxygen atoms in total. The van der Waals surface area contributed by atoms with Crippen LogP contribution >= 0.6 is 0 Å². The van der Waals surface area contributed by atoms with Gasteiger partial charge in [0.1, 0.15) is 6.04 Å². The molecule has 1 aliphatic rings. The second kappa shape index (κ2) is 6.87. The standard InChI is InChI=1S/C20H22N2O2/c1-14-7-6-10-17(15(14)2)21-20(24)18-11-12-19(23)22(18)13-16-8-4-3-5-9-16/h3-10,18H,11-13H2,1-2H3,(H,21,24). The van der Waals surface area contributed by atoms with E-state index in [-0.39, 0.29) is 11.8 Å². The second-order valence-electron chi connectivity index (χ2n) is 6.30.